The Hall–Kier alpha value is -2.44. The van der Waals surface area contributed by atoms with Gasteiger partial charge in [-0.15, -0.1) is 0 Å². The van der Waals surface area contributed by atoms with Crippen molar-refractivity contribution in [2.45, 2.75) is 23.4 Å². The Labute approximate surface area is 151 Å². The van der Waals surface area contributed by atoms with Crippen LogP contribution in [0.15, 0.2) is 47.4 Å². The molecule has 0 amide bonds. The van der Waals surface area contributed by atoms with Gasteiger partial charge in [0, 0.05) is 5.69 Å². The van der Waals surface area contributed by atoms with E-state index in [1.165, 1.54) is 0 Å². The second-order valence-corrected chi connectivity index (χ2v) is 7.11. The Bertz CT molecular complexity index is 944. The normalized spacial score (nSPS) is 13.5. The van der Waals surface area contributed by atoms with Crippen molar-refractivity contribution in [1.82, 2.24) is 0 Å². The van der Waals surface area contributed by atoms with Gasteiger partial charge in [0.05, 0.1) is 21.6 Å². The molecule has 0 bridgehead atoms. The summed E-state index contributed by atoms with van der Waals surface area (Å²) in [6, 6.07) is 2.23. The third-order valence-electron chi connectivity index (χ3n) is 3.31. The van der Waals surface area contributed by atoms with E-state index in [9.17, 15) is 47.9 Å². The van der Waals surface area contributed by atoms with Crippen LogP contribution in [-0.2, 0) is 28.6 Å². The van der Waals surface area contributed by atoms with Crippen LogP contribution in [0.3, 0.4) is 0 Å². The van der Waals surface area contributed by atoms with E-state index in [4.69, 9.17) is 0 Å². The molecule has 0 heterocycles. The standard InChI is InChI=1S/C15H8F9NO2S/c16-13(17,18)8-2-1-3-11(5-8)25-28(26,27)12-6-9(14(19,20)21)4-10(7-12)15(22,23)24/h1-7,25H. The second kappa shape index (κ2) is 6.87. The maximum atomic E-state index is 12.8. The molecule has 0 radical (unpaired) electrons. The first-order chi connectivity index (χ1) is 12.5. The van der Waals surface area contributed by atoms with E-state index in [0.717, 1.165) is 12.1 Å². The van der Waals surface area contributed by atoms with Crippen LogP contribution in [0.2, 0.25) is 0 Å². The number of halogens is 9. The summed E-state index contributed by atoms with van der Waals surface area (Å²) in [4.78, 5) is -1.41. The molecule has 0 aromatic heterocycles. The molecule has 13 heteroatoms. The molecule has 0 aliphatic rings. The zero-order valence-electron chi connectivity index (χ0n) is 13.2. The molecule has 0 fully saturated rings. The van der Waals surface area contributed by atoms with E-state index in [2.05, 4.69) is 0 Å². The van der Waals surface area contributed by atoms with E-state index in [-0.39, 0.29) is 18.2 Å². The maximum absolute atomic E-state index is 12.8. The summed E-state index contributed by atoms with van der Waals surface area (Å²) in [5.74, 6) is 0. The van der Waals surface area contributed by atoms with Crippen molar-refractivity contribution in [2.24, 2.45) is 0 Å². The minimum atomic E-state index is -5.29. The van der Waals surface area contributed by atoms with Crippen LogP contribution < -0.4 is 4.72 Å². The van der Waals surface area contributed by atoms with E-state index in [0.29, 0.717) is 12.1 Å². The highest BCUT2D eigenvalue weighted by Gasteiger charge is 2.38. The molecular formula is C15H8F9NO2S. The van der Waals surface area contributed by atoms with Crippen LogP contribution >= 0.6 is 0 Å². The van der Waals surface area contributed by atoms with Crippen molar-refractivity contribution in [3.63, 3.8) is 0 Å². The summed E-state index contributed by atoms with van der Waals surface area (Å²) in [7, 11) is -5.06. The summed E-state index contributed by atoms with van der Waals surface area (Å²) in [5.41, 5.74) is -5.73. The number of sulfonamides is 1. The van der Waals surface area contributed by atoms with E-state index in [1.807, 2.05) is 0 Å². The molecule has 0 saturated heterocycles. The van der Waals surface area contributed by atoms with Crippen molar-refractivity contribution in [3.8, 4) is 0 Å². The fourth-order valence-electron chi connectivity index (χ4n) is 2.05. The van der Waals surface area contributed by atoms with E-state index < -0.39 is 55.8 Å². The predicted molar refractivity (Wildman–Crippen MR) is 78.7 cm³/mol. The number of hydrogen-bond acceptors (Lipinski definition) is 2. The first-order valence-corrected chi connectivity index (χ1v) is 8.48. The minimum absolute atomic E-state index is 0.0504. The van der Waals surface area contributed by atoms with Crippen molar-refractivity contribution < 1.29 is 47.9 Å². The van der Waals surface area contributed by atoms with Gasteiger partial charge in [0.25, 0.3) is 10.0 Å². The van der Waals surface area contributed by atoms with Crippen molar-refractivity contribution in [2.75, 3.05) is 4.72 Å². The van der Waals surface area contributed by atoms with E-state index >= 15 is 0 Å². The Morgan fingerprint density at radius 1 is 0.643 bits per heavy atom. The van der Waals surface area contributed by atoms with Gasteiger partial charge >= 0.3 is 18.5 Å². The van der Waals surface area contributed by atoms with Crippen LogP contribution in [0.4, 0.5) is 45.2 Å². The molecule has 28 heavy (non-hydrogen) atoms. The third kappa shape index (κ3) is 5.09. The van der Waals surface area contributed by atoms with Gasteiger partial charge in [0.15, 0.2) is 0 Å². The van der Waals surface area contributed by atoms with Crippen molar-refractivity contribution in [1.29, 1.82) is 0 Å². The van der Waals surface area contributed by atoms with Crippen LogP contribution in [0, 0.1) is 0 Å². The lowest BCUT2D eigenvalue weighted by Crippen LogP contribution is -2.18. The number of rotatable bonds is 3. The van der Waals surface area contributed by atoms with Gasteiger partial charge < -0.3 is 0 Å². The Balaban J connectivity index is 2.54. The summed E-state index contributed by atoms with van der Waals surface area (Å²) in [6.45, 7) is 0. The molecule has 1 N–H and O–H groups in total. The largest absolute Gasteiger partial charge is 0.416 e. The summed E-state index contributed by atoms with van der Waals surface area (Å²) >= 11 is 0. The van der Waals surface area contributed by atoms with Crippen LogP contribution in [-0.4, -0.2) is 8.42 Å². The Morgan fingerprint density at radius 2 is 1.11 bits per heavy atom. The molecule has 154 valence electrons. The number of alkyl halides is 9. The molecule has 0 aliphatic heterocycles. The highest BCUT2D eigenvalue weighted by molar-refractivity contribution is 7.92. The highest BCUT2D eigenvalue weighted by Crippen LogP contribution is 2.38. The fraction of sp³-hybridized carbons (Fsp3) is 0.200. The smallest absolute Gasteiger partial charge is 0.280 e. The molecule has 2 rings (SSSR count). The molecule has 0 spiro atoms. The molecule has 2 aromatic rings. The van der Waals surface area contributed by atoms with Gasteiger partial charge in [-0.25, -0.2) is 8.42 Å². The Kier molecular flexibility index (Phi) is 5.36. The SMILES string of the molecule is O=S(=O)(Nc1cccc(C(F)(F)F)c1)c1cc(C(F)(F)F)cc(C(F)(F)F)c1. The van der Waals surface area contributed by atoms with Gasteiger partial charge in [-0.05, 0) is 36.4 Å². The number of nitrogens with one attached hydrogen (secondary N) is 1. The number of anilines is 1. The average molecular weight is 437 g/mol. The Morgan fingerprint density at radius 3 is 1.54 bits per heavy atom. The lowest BCUT2D eigenvalue weighted by molar-refractivity contribution is -0.143. The lowest BCUT2D eigenvalue weighted by Gasteiger charge is -2.15. The first-order valence-electron chi connectivity index (χ1n) is 7.00. The van der Waals surface area contributed by atoms with Crippen LogP contribution in [0.5, 0.6) is 0 Å². The van der Waals surface area contributed by atoms with Gasteiger partial charge in [-0.3, -0.25) is 4.72 Å². The van der Waals surface area contributed by atoms with E-state index in [1.54, 1.807) is 4.72 Å². The van der Waals surface area contributed by atoms with Crippen molar-refractivity contribution >= 4 is 15.7 Å². The highest BCUT2D eigenvalue weighted by atomic mass is 32.2. The predicted octanol–water partition coefficient (Wildman–Crippen LogP) is 5.54. The topological polar surface area (TPSA) is 46.2 Å². The minimum Gasteiger partial charge on any atom is -0.280 e. The van der Waals surface area contributed by atoms with Gasteiger partial charge in [0.2, 0.25) is 0 Å². The first kappa shape index (κ1) is 21.9. The van der Waals surface area contributed by atoms with Crippen LogP contribution in [0.1, 0.15) is 16.7 Å². The summed E-state index contributed by atoms with van der Waals surface area (Å²) < 4.78 is 141. The fourth-order valence-corrected chi connectivity index (χ4v) is 3.17. The van der Waals surface area contributed by atoms with Gasteiger partial charge in [-0.1, -0.05) is 6.07 Å². The van der Waals surface area contributed by atoms with Gasteiger partial charge in [0.1, 0.15) is 0 Å². The summed E-state index contributed by atoms with van der Waals surface area (Å²) in [5, 5.41) is 0. The maximum Gasteiger partial charge on any atom is 0.416 e. The monoisotopic (exact) mass is 437 g/mol. The zero-order valence-corrected chi connectivity index (χ0v) is 14.0. The average Bonchev–Trinajstić information content (AvgIpc) is 2.52. The molecule has 0 unspecified atom stereocenters. The molecule has 2 aromatic carbocycles. The molecule has 3 nitrogen and oxygen atoms in total. The van der Waals surface area contributed by atoms with Crippen molar-refractivity contribution in [3.05, 3.63) is 59.2 Å². The molecule has 0 aliphatic carbocycles. The quantitative estimate of drug-likeness (QED) is 0.641. The second-order valence-electron chi connectivity index (χ2n) is 5.43. The zero-order chi connectivity index (χ0) is 21.5. The van der Waals surface area contributed by atoms with Gasteiger partial charge in [-0.2, -0.15) is 39.5 Å². The molecular weight excluding hydrogens is 429 g/mol. The molecule has 0 atom stereocenters. The third-order valence-corrected chi connectivity index (χ3v) is 4.67. The lowest BCUT2D eigenvalue weighted by atomic mass is 10.1. The molecule has 0 saturated carbocycles. The number of hydrogen-bond donors (Lipinski definition) is 1. The number of benzene rings is 2. The summed E-state index contributed by atoms with van der Waals surface area (Å²) in [6.07, 6.45) is -15.4. The van der Waals surface area contributed by atoms with Crippen LogP contribution in [0.25, 0.3) is 0 Å².